The smallest absolute Gasteiger partial charge is 0.192 e. The fourth-order valence-corrected chi connectivity index (χ4v) is 5.72. The van der Waals surface area contributed by atoms with Crippen molar-refractivity contribution in [1.82, 2.24) is 0 Å². The summed E-state index contributed by atoms with van der Waals surface area (Å²) >= 11 is 3.65. The molecule has 0 spiro atoms. The summed E-state index contributed by atoms with van der Waals surface area (Å²) in [5.41, 5.74) is 2.70. The van der Waals surface area contributed by atoms with E-state index in [9.17, 15) is 0 Å². The Morgan fingerprint density at radius 3 is 2.56 bits per heavy atom. The zero-order valence-electron chi connectivity index (χ0n) is 16.5. The van der Waals surface area contributed by atoms with Crippen LogP contribution in [0.3, 0.4) is 0 Å². The second-order valence-corrected chi connectivity index (χ2v) is 14.9. The molecule has 1 aromatic carbocycles. The van der Waals surface area contributed by atoms with Crippen molar-refractivity contribution in [2.75, 3.05) is 0 Å². The van der Waals surface area contributed by atoms with E-state index in [4.69, 9.17) is 9.16 Å². The molecule has 0 unspecified atom stereocenters. The van der Waals surface area contributed by atoms with Crippen LogP contribution >= 0.6 is 15.9 Å². The van der Waals surface area contributed by atoms with E-state index >= 15 is 0 Å². The minimum Gasteiger partial charge on any atom is -0.488 e. The number of para-hydroxylation sites is 1. The quantitative estimate of drug-likeness (QED) is 0.399. The van der Waals surface area contributed by atoms with E-state index in [1.165, 1.54) is 11.1 Å². The van der Waals surface area contributed by atoms with Gasteiger partial charge in [-0.25, -0.2) is 0 Å². The number of hydrogen-bond acceptors (Lipinski definition) is 2. The largest absolute Gasteiger partial charge is 0.488 e. The van der Waals surface area contributed by atoms with Gasteiger partial charge in [-0.15, -0.1) is 0 Å². The Morgan fingerprint density at radius 1 is 1.28 bits per heavy atom. The van der Waals surface area contributed by atoms with Gasteiger partial charge >= 0.3 is 0 Å². The maximum Gasteiger partial charge on any atom is 0.192 e. The van der Waals surface area contributed by atoms with Gasteiger partial charge in [-0.1, -0.05) is 44.6 Å². The summed E-state index contributed by atoms with van der Waals surface area (Å²) in [6.45, 7) is 16.0. The van der Waals surface area contributed by atoms with Gasteiger partial charge < -0.3 is 9.16 Å². The van der Waals surface area contributed by atoms with Gasteiger partial charge in [-0.05, 0) is 54.0 Å². The maximum atomic E-state index is 6.86. The Bertz CT molecular complexity index is 686. The lowest BCUT2D eigenvalue weighted by Gasteiger charge is -2.40. The van der Waals surface area contributed by atoms with E-state index in [1.54, 1.807) is 0 Å². The SMILES string of the molecule is CC(C)=C[C@@H]1[C@H]2c3cccc(Br)c3O[C@H]2C[C@H]1O[Si](C)(C)C(C)(C)C. The summed E-state index contributed by atoms with van der Waals surface area (Å²) < 4.78 is 14.3. The molecule has 0 saturated heterocycles. The van der Waals surface area contributed by atoms with Gasteiger partial charge in [0.2, 0.25) is 0 Å². The van der Waals surface area contributed by atoms with Gasteiger partial charge in [0, 0.05) is 23.8 Å². The zero-order valence-corrected chi connectivity index (χ0v) is 19.1. The predicted octanol–water partition coefficient (Wildman–Crippen LogP) is 6.67. The Balaban J connectivity index is 1.95. The average molecular weight is 423 g/mol. The molecule has 0 amide bonds. The monoisotopic (exact) mass is 422 g/mol. The molecule has 0 radical (unpaired) electrons. The van der Waals surface area contributed by atoms with Crippen molar-refractivity contribution in [1.29, 1.82) is 0 Å². The molecule has 0 aromatic heterocycles. The van der Waals surface area contributed by atoms with Crippen LogP contribution in [0.25, 0.3) is 0 Å². The van der Waals surface area contributed by atoms with Crippen LogP contribution in [0.1, 0.15) is 52.5 Å². The van der Waals surface area contributed by atoms with Crippen LogP contribution in [0.15, 0.2) is 34.3 Å². The number of hydrogen-bond donors (Lipinski definition) is 0. The minimum absolute atomic E-state index is 0.224. The molecule has 4 atom stereocenters. The second-order valence-electron chi connectivity index (χ2n) is 9.31. The van der Waals surface area contributed by atoms with Crippen LogP contribution in [0.4, 0.5) is 0 Å². The van der Waals surface area contributed by atoms with E-state index in [2.05, 4.69) is 87.9 Å². The maximum absolute atomic E-state index is 6.86. The standard InChI is InChI=1S/C21H31BrO2Si/c1-13(2)11-15-17(24-25(6,7)21(3,4)5)12-18-19(15)14-9-8-10-16(22)20(14)23-18/h8-11,15,17-19H,12H2,1-7H3/t15-,17+,18-,19+/m0/s1. The Labute approximate surface area is 162 Å². The Hall–Kier alpha value is -0.583. The molecule has 0 bridgehead atoms. The molecule has 138 valence electrons. The molecule has 1 fully saturated rings. The van der Waals surface area contributed by atoms with Crippen LogP contribution < -0.4 is 4.74 Å². The molecule has 0 N–H and O–H groups in total. The van der Waals surface area contributed by atoms with E-state index in [-0.39, 0.29) is 17.2 Å². The topological polar surface area (TPSA) is 18.5 Å². The van der Waals surface area contributed by atoms with Crippen LogP contribution in [-0.4, -0.2) is 20.5 Å². The molecule has 2 aliphatic rings. The van der Waals surface area contributed by atoms with Gasteiger partial charge in [0.25, 0.3) is 0 Å². The first-order valence-electron chi connectivity index (χ1n) is 9.29. The van der Waals surface area contributed by atoms with Gasteiger partial charge in [0.05, 0.1) is 10.6 Å². The molecule has 1 heterocycles. The molecular weight excluding hydrogens is 392 g/mol. The second kappa shape index (κ2) is 6.54. The zero-order chi connectivity index (χ0) is 18.6. The fraction of sp³-hybridized carbons (Fsp3) is 0.619. The first-order valence-corrected chi connectivity index (χ1v) is 13.0. The third kappa shape index (κ3) is 3.50. The summed E-state index contributed by atoms with van der Waals surface area (Å²) in [6.07, 6.45) is 3.87. The molecule has 1 aromatic rings. The lowest BCUT2D eigenvalue weighted by molar-refractivity contribution is 0.142. The summed E-state index contributed by atoms with van der Waals surface area (Å²) in [5, 5.41) is 0.224. The van der Waals surface area contributed by atoms with Crippen molar-refractivity contribution in [3.05, 3.63) is 39.9 Å². The lowest BCUT2D eigenvalue weighted by atomic mass is 9.87. The van der Waals surface area contributed by atoms with Crippen molar-refractivity contribution in [2.45, 2.75) is 77.3 Å². The van der Waals surface area contributed by atoms with Crippen molar-refractivity contribution in [3.8, 4) is 5.75 Å². The van der Waals surface area contributed by atoms with E-state index < -0.39 is 8.32 Å². The number of ether oxygens (including phenoxy) is 1. The first-order chi connectivity index (χ1) is 11.5. The van der Waals surface area contributed by atoms with E-state index in [0.717, 1.165) is 16.6 Å². The molecule has 4 heteroatoms. The van der Waals surface area contributed by atoms with Crippen molar-refractivity contribution in [2.24, 2.45) is 5.92 Å². The van der Waals surface area contributed by atoms with E-state index in [0.29, 0.717) is 11.8 Å². The Kier molecular flexibility index (Phi) is 5.02. The van der Waals surface area contributed by atoms with Crippen LogP contribution in [0.2, 0.25) is 18.1 Å². The highest BCUT2D eigenvalue weighted by atomic mass is 79.9. The highest BCUT2D eigenvalue weighted by molar-refractivity contribution is 9.10. The molecule has 1 aliphatic carbocycles. The van der Waals surface area contributed by atoms with Crippen LogP contribution in [0.5, 0.6) is 5.75 Å². The Morgan fingerprint density at radius 2 is 1.96 bits per heavy atom. The normalized spacial score (nSPS) is 28.3. The van der Waals surface area contributed by atoms with Gasteiger partial charge in [-0.3, -0.25) is 0 Å². The highest BCUT2D eigenvalue weighted by Gasteiger charge is 2.52. The van der Waals surface area contributed by atoms with Crippen molar-refractivity contribution in [3.63, 3.8) is 0 Å². The first kappa shape index (κ1) is 19.2. The number of fused-ring (bicyclic) bond motifs is 3. The summed E-state index contributed by atoms with van der Waals surface area (Å²) in [7, 11) is -1.81. The van der Waals surface area contributed by atoms with Crippen LogP contribution in [-0.2, 0) is 4.43 Å². The van der Waals surface area contributed by atoms with Crippen LogP contribution in [0, 0.1) is 5.92 Å². The third-order valence-electron chi connectivity index (χ3n) is 6.11. The molecule has 2 nitrogen and oxygen atoms in total. The highest BCUT2D eigenvalue weighted by Crippen LogP contribution is 2.54. The molecule has 1 aliphatic heterocycles. The number of rotatable bonds is 3. The number of halogens is 1. The summed E-state index contributed by atoms with van der Waals surface area (Å²) in [5.74, 6) is 1.83. The molecular formula is C21H31BrO2Si. The fourth-order valence-electron chi connectivity index (χ4n) is 3.88. The minimum atomic E-state index is -1.81. The third-order valence-corrected chi connectivity index (χ3v) is 11.2. The predicted molar refractivity (Wildman–Crippen MR) is 111 cm³/mol. The summed E-state index contributed by atoms with van der Waals surface area (Å²) in [6, 6.07) is 6.42. The van der Waals surface area contributed by atoms with Gasteiger partial charge in [-0.2, -0.15) is 0 Å². The van der Waals surface area contributed by atoms with E-state index in [1.807, 2.05) is 0 Å². The van der Waals surface area contributed by atoms with Gasteiger partial charge in [0.1, 0.15) is 11.9 Å². The number of allylic oxidation sites excluding steroid dienone is 1. The molecule has 1 saturated carbocycles. The molecule has 25 heavy (non-hydrogen) atoms. The van der Waals surface area contributed by atoms with Crippen molar-refractivity contribution >= 4 is 24.2 Å². The lowest BCUT2D eigenvalue weighted by Crippen LogP contribution is -2.45. The van der Waals surface area contributed by atoms with Crippen molar-refractivity contribution < 1.29 is 9.16 Å². The van der Waals surface area contributed by atoms with Gasteiger partial charge in [0.15, 0.2) is 8.32 Å². The number of benzene rings is 1. The summed E-state index contributed by atoms with van der Waals surface area (Å²) in [4.78, 5) is 0. The molecule has 3 rings (SSSR count). The average Bonchev–Trinajstić information content (AvgIpc) is 2.96.